The number of benzene rings is 1. The number of anilines is 1. The molecule has 0 spiro atoms. The monoisotopic (exact) mass is 321 g/mol. The van der Waals surface area contributed by atoms with Gasteiger partial charge in [-0.3, -0.25) is 5.41 Å². The van der Waals surface area contributed by atoms with Crippen LogP contribution >= 0.6 is 0 Å². The molecule has 0 atom stereocenters. The SMILES string of the molecule is C=CC1=CC=C/C(=C/Nc2ccc(CCCCNCC)cc2)C1=N. The molecule has 3 N–H and O–H groups in total. The zero-order valence-electron chi connectivity index (χ0n) is 14.4. The number of hydrogen-bond donors (Lipinski definition) is 3. The lowest BCUT2D eigenvalue weighted by atomic mass is 9.98. The molecule has 0 fully saturated rings. The topological polar surface area (TPSA) is 47.9 Å². The molecule has 0 saturated heterocycles. The van der Waals surface area contributed by atoms with Crippen LogP contribution in [0.25, 0.3) is 0 Å². The molecule has 2 rings (SSSR count). The van der Waals surface area contributed by atoms with Crippen LogP contribution in [-0.2, 0) is 6.42 Å². The molecule has 0 unspecified atom stereocenters. The van der Waals surface area contributed by atoms with Crippen LogP contribution < -0.4 is 10.6 Å². The van der Waals surface area contributed by atoms with E-state index in [0.29, 0.717) is 5.71 Å². The fourth-order valence-corrected chi connectivity index (χ4v) is 2.56. The molecule has 1 aliphatic rings. The Morgan fingerprint density at radius 3 is 2.67 bits per heavy atom. The van der Waals surface area contributed by atoms with Crippen LogP contribution in [0.3, 0.4) is 0 Å². The molecule has 3 heteroatoms. The summed E-state index contributed by atoms with van der Waals surface area (Å²) in [5.41, 5.74) is 4.61. The fraction of sp³-hybridized carbons (Fsp3) is 0.286. The number of unbranched alkanes of at least 4 members (excludes halogenated alkanes) is 1. The van der Waals surface area contributed by atoms with Crippen molar-refractivity contribution in [2.45, 2.75) is 26.2 Å². The summed E-state index contributed by atoms with van der Waals surface area (Å²) in [5, 5.41) is 14.8. The Morgan fingerprint density at radius 2 is 1.96 bits per heavy atom. The number of rotatable bonds is 9. The molecule has 3 nitrogen and oxygen atoms in total. The van der Waals surface area contributed by atoms with Gasteiger partial charge in [0.15, 0.2) is 0 Å². The van der Waals surface area contributed by atoms with Crippen molar-refractivity contribution in [2.24, 2.45) is 0 Å². The largest absolute Gasteiger partial charge is 0.361 e. The quantitative estimate of drug-likeness (QED) is 0.581. The Morgan fingerprint density at radius 1 is 1.17 bits per heavy atom. The van der Waals surface area contributed by atoms with Crippen molar-refractivity contribution in [1.82, 2.24) is 5.32 Å². The van der Waals surface area contributed by atoms with E-state index in [1.807, 2.05) is 24.4 Å². The molecule has 0 amide bonds. The van der Waals surface area contributed by atoms with E-state index in [9.17, 15) is 0 Å². The van der Waals surface area contributed by atoms with Crippen molar-refractivity contribution in [2.75, 3.05) is 18.4 Å². The minimum atomic E-state index is 0.498. The minimum Gasteiger partial charge on any atom is -0.361 e. The predicted octanol–water partition coefficient (Wildman–Crippen LogP) is 4.62. The van der Waals surface area contributed by atoms with Gasteiger partial charge in [0.05, 0.1) is 5.71 Å². The average molecular weight is 321 g/mol. The summed E-state index contributed by atoms with van der Waals surface area (Å²) >= 11 is 0. The van der Waals surface area contributed by atoms with Gasteiger partial charge in [0, 0.05) is 17.5 Å². The second kappa shape index (κ2) is 9.68. The van der Waals surface area contributed by atoms with Crippen LogP contribution in [0.2, 0.25) is 0 Å². The lowest BCUT2D eigenvalue weighted by molar-refractivity contribution is 0.641. The normalized spacial score (nSPS) is 15.5. The van der Waals surface area contributed by atoms with Gasteiger partial charge in [-0.25, -0.2) is 0 Å². The molecule has 0 saturated carbocycles. The van der Waals surface area contributed by atoms with Crippen molar-refractivity contribution < 1.29 is 0 Å². The maximum absolute atomic E-state index is 8.12. The molecule has 126 valence electrons. The van der Waals surface area contributed by atoms with Crippen LogP contribution in [0.5, 0.6) is 0 Å². The summed E-state index contributed by atoms with van der Waals surface area (Å²) in [6.07, 6.45) is 12.9. The Kier molecular flexibility index (Phi) is 7.24. The molecule has 0 bridgehead atoms. The van der Waals surface area contributed by atoms with E-state index in [1.165, 1.54) is 18.4 Å². The Hall–Kier alpha value is -2.39. The third-order valence-corrected chi connectivity index (χ3v) is 4.02. The van der Waals surface area contributed by atoms with Crippen molar-refractivity contribution in [1.29, 1.82) is 5.41 Å². The highest BCUT2D eigenvalue weighted by atomic mass is 14.8. The van der Waals surface area contributed by atoms with Crippen LogP contribution in [0.15, 0.2) is 72.5 Å². The maximum atomic E-state index is 8.12. The van der Waals surface area contributed by atoms with Crippen LogP contribution in [0.4, 0.5) is 5.69 Å². The second-order valence-electron chi connectivity index (χ2n) is 5.81. The van der Waals surface area contributed by atoms with E-state index < -0.39 is 0 Å². The van der Waals surface area contributed by atoms with Crippen LogP contribution in [0, 0.1) is 5.41 Å². The minimum absolute atomic E-state index is 0.498. The fourth-order valence-electron chi connectivity index (χ4n) is 2.56. The molecule has 1 aromatic rings. The number of allylic oxidation sites excluding steroid dienone is 6. The van der Waals surface area contributed by atoms with E-state index in [-0.39, 0.29) is 0 Å². The lowest BCUT2D eigenvalue weighted by Gasteiger charge is -2.11. The van der Waals surface area contributed by atoms with Gasteiger partial charge in [-0.1, -0.05) is 49.9 Å². The third kappa shape index (κ3) is 5.36. The first kappa shape index (κ1) is 18.0. The first-order chi connectivity index (χ1) is 11.7. The smallest absolute Gasteiger partial charge is 0.0698 e. The highest BCUT2D eigenvalue weighted by Crippen LogP contribution is 2.17. The van der Waals surface area contributed by atoms with Crippen LogP contribution in [-0.4, -0.2) is 18.8 Å². The summed E-state index contributed by atoms with van der Waals surface area (Å²) in [6.45, 7) is 8.03. The van der Waals surface area contributed by atoms with Gasteiger partial charge < -0.3 is 10.6 Å². The van der Waals surface area contributed by atoms with E-state index in [2.05, 4.69) is 48.4 Å². The van der Waals surface area contributed by atoms with E-state index in [0.717, 1.165) is 36.3 Å². The summed E-state index contributed by atoms with van der Waals surface area (Å²) in [5.74, 6) is 0. The molecule has 0 aromatic heterocycles. The zero-order valence-corrected chi connectivity index (χ0v) is 14.4. The molecular formula is C21H27N3. The number of aryl methyl sites for hydroxylation is 1. The van der Waals surface area contributed by atoms with Crippen molar-refractivity contribution in [3.8, 4) is 0 Å². The van der Waals surface area contributed by atoms with Crippen LogP contribution in [0.1, 0.15) is 25.3 Å². The highest BCUT2D eigenvalue weighted by molar-refractivity contribution is 6.15. The third-order valence-electron chi connectivity index (χ3n) is 4.02. The number of nitrogens with one attached hydrogen (secondary N) is 3. The standard InChI is InChI=1S/C21H27N3/c1-3-18-9-7-10-19(21(18)22)16-24-20-13-11-17(12-14-20)8-5-6-15-23-4-2/h3,7,9-14,16,22-24H,1,4-6,8,15H2,2H3/b19-16-,22-21?. The molecule has 1 aliphatic carbocycles. The van der Waals surface area contributed by atoms with E-state index in [4.69, 9.17) is 5.41 Å². The summed E-state index contributed by atoms with van der Waals surface area (Å²) in [4.78, 5) is 0. The lowest BCUT2D eigenvalue weighted by Crippen LogP contribution is -2.13. The zero-order chi connectivity index (χ0) is 17.2. The average Bonchev–Trinajstić information content (AvgIpc) is 2.62. The van der Waals surface area contributed by atoms with Gasteiger partial charge in [0.1, 0.15) is 0 Å². The summed E-state index contributed by atoms with van der Waals surface area (Å²) < 4.78 is 0. The summed E-state index contributed by atoms with van der Waals surface area (Å²) in [7, 11) is 0. The first-order valence-corrected chi connectivity index (χ1v) is 8.61. The van der Waals surface area contributed by atoms with Gasteiger partial charge in [0.25, 0.3) is 0 Å². The van der Waals surface area contributed by atoms with Gasteiger partial charge in [-0.05, 0) is 55.6 Å². The summed E-state index contributed by atoms with van der Waals surface area (Å²) in [6, 6.07) is 8.53. The van der Waals surface area contributed by atoms with E-state index in [1.54, 1.807) is 6.08 Å². The maximum Gasteiger partial charge on any atom is 0.0698 e. The van der Waals surface area contributed by atoms with Crippen molar-refractivity contribution >= 4 is 11.4 Å². The molecule has 1 aromatic carbocycles. The molecule has 0 heterocycles. The Balaban J connectivity index is 1.85. The number of hydrogen-bond acceptors (Lipinski definition) is 3. The highest BCUT2D eigenvalue weighted by Gasteiger charge is 2.08. The molecular weight excluding hydrogens is 294 g/mol. The van der Waals surface area contributed by atoms with Gasteiger partial charge >= 0.3 is 0 Å². The predicted molar refractivity (Wildman–Crippen MR) is 105 cm³/mol. The Labute approximate surface area is 145 Å². The molecule has 0 radical (unpaired) electrons. The molecule has 0 aliphatic heterocycles. The second-order valence-corrected chi connectivity index (χ2v) is 5.81. The van der Waals surface area contributed by atoms with Crippen molar-refractivity contribution in [3.63, 3.8) is 0 Å². The van der Waals surface area contributed by atoms with E-state index >= 15 is 0 Å². The van der Waals surface area contributed by atoms with Gasteiger partial charge in [0.2, 0.25) is 0 Å². The Bertz CT molecular complexity index is 648. The van der Waals surface area contributed by atoms with Gasteiger partial charge in [-0.15, -0.1) is 0 Å². The van der Waals surface area contributed by atoms with Gasteiger partial charge in [-0.2, -0.15) is 0 Å². The molecule has 24 heavy (non-hydrogen) atoms. The van der Waals surface area contributed by atoms with Crippen molar-refractivity contribution in [3.05, 3.63) is 78.1 Å². The first-order valence-electron chi connectivity index (χ1n) is 8.61.